The molecule has 0 aromatic heterocycles. The minimum absolute atomic E-state index is 0.246. The lowest BCUT2D eigenvalue weighted by molar-refractivity contribution is 0.145. The molecule has 0 spiro atoms. The summed E-state index contributed by atoms with van der Waals surface area (Å²) < 4.78 is 19.5. The van der Waals surface area contributed by atoms with Crippen LogP contribution in [-0.4, -0.2) is 25.3 Å². The number of benzene rings is 2. The van der Waals surface area contributed by atoms with Gasteiger partial charge in [0.25, 0.3) is 0 Å². The van der Waals surface area contributed by atoms with Gasteiger partial charge in [-0.1, -0.05) is 24.3 Å². The van der Waals surface area contributed by atoms with Crippen LogP contribution < -0.4 is 10.6 Å². The maximum Gasteiger partial charge on any atom is 0.414 e. The summed E-state index contributed by atoms with van der Waals surface area (Å²) in [7, 11) is 0. The monoisotopic (exact) mass is 334 g/mol. The van der Waals surface area contributed by atoms with Crippen LogP contribution in [0.15, 0.2) is 42.5 Å². The average molecular weight is 335 g/mol. The van der Waals surface area contributed by atoms with Gasteiger partial charge in [-0.05, 0) is 29.3 Å². The van der Waals surface area contributed by atoms with Crippen LogP contribution in [0.25, 0.3) is 11.1 Å². The van der Waals surface area contributed by atoms with Crippen LogP contribution in [0.5, 0.6) is 0 Å². The molecule has 0 bridgehead atoms. The average Bonchev–Trinajstić information content (AvgIpc) is 2.96. The number of hydrogen-bond acceptors (Lipinski definition) is 3. The Labute approximate surface area is 138 Å². The van der Waals surface area contributed by atoms with Crippen molar-refractivity contribution >= 4 is 23.4 Å². The van der Waals surface area contributed by atoms with E-state index >= 15 is 0 Å². The van der Waals surface area contributed by atoms with E-state index in [-0.39, 0.29) is 12.6 Å². The zero-order valence-corrected chi connectivity index (χ0v) is 13.1. The Bertz CT molecular complexity index is 721. The highest BCUT2D eigenvalue weighted by molar-refractivity contribution is 6.17. The lowest BCUT2D eigenvalue weighted by Crippen LogP contribution is -2.27. The molecular formula is C17H16ClFN2O2. The quantitative estimate of drug-likeness (QED) is 0.870. The van der Waals surface area contributed by atoms with Crippen LogP contribution >= 0.6 is 11.6 Å². The fraction of sp³-hybridized carbons (Fsp3) is 0.235. The Morgan fingerprint density at radius 2 is 2.00 bits per heavy atom. The Morgan fingerprint density at radius 3 is 2.57 bits per heavy atom. The minimum atomic E-state index is -0.501. The molecule has 1 fully saturated rings. The van der Waals surface area contributed by atoms with Gasteiger partial charge in [-0.2, -0.15) is 0 Å². The topological polar surface area (TPSA) is 55.6 Å². The first-order valence-corrected chi connectivity index (χ1v) is 7.79. The molecule has 0 radical (unpaired) electrons. The molecule has 2 aromatic rings. The molecule has 0 saturated carbocycles. The third-order valence-corrected chi connectivity index (χ3v) is 4.13. The van der Waals surface area contributed by atoms with Crippen LogP contribution in [0.2, 0.25) is 0 Å². The highest BCUT2D eigenvalue weighted by Crippen LogP contribution is 2.29. The predicted octanol–water partition coefficient (Wildman–Crippen LogP) is 3.52. The van der Waals surface area contributed by atoms with E-state index in [1.807, 2.05) is 24.3 Å². The van der Waals surface area contributed by atoms with Crippen molar-refractivity contribution in [2.45, 2.75) is 12.0 Å². The first-order valence-electron chi connectivity index (χ1n) is 7.25. The third kappa shape index (κ3) is 3.16. The molecule has 1 atom stereocenters. The summed E-state index contributed by atoms with van der Waals surface area (Å²) in [6.45, 7) is 0.578. The van der Waals surface area contributed by atoms with Gasteiger partial charge in [0.05, 0.1) is 12.2 Å². The zero-order chi connectivity index (χ0) is 16.4. The summed E-state index contributed by atoms with van der Waals surface area (Å²) in [6.07, 6.45) is -0.854. The number of amides is 1. The maximum absolute atomic E-state index is 14.4. The number of halogens is 2. The third-order valence-electron chi connectivity index (χ3n) is 3.82. The highest BCUT2D eigenvalue weighted by Gasteiger charge is 2.31. The lowest BCUT2D eigenvalue weighted by Gasteiger charge is -2.14. The van der Waals surface area contributed by atoms with Gasteiger partial charge in [-0.25, -0.2) is 9.18 Å². The van der Waals surface area contributed by atoms with E-state index < -0.39 is 11.9 Å². The van der Waals surface area contributed by atoms with Crippen LogP contribution in [0.1, 0.15) is 5.56 Å². The van der Waals surface area contributed by atoms with Crippen molar-refractivity contribution in [3.63, 3.8) is 0 Å². The summed E-state index contributed by atoms with van der Waals surface area (Å²) in [5.41, 5.74) is 8.16. The minimum Gasteiger partial charge on any atom is -0.443 e. The molecule has 0 aliphatic carbocycles. The molecule has 4 nitrogen and oxygen atoms in total. The lowest BCUT2D eigenvalue weighted by atomic mass is 10.0. The smallest absolute Gasteiger partial charge is 0.414 e. The van der Waals surface area contributed by atoms with E-state index in [2.05, 4.69) is 0 Å². The van der Waals surface area contributed by atoms with Crippen LogP contribution in [-0.2, 0) is 10.6 Å². The Morgan fingerprint density at radius 1 is 1.26 bits per heavy atom. The number of alkyl halides is 1. The van der Waals surface area contributed by atoms with Gasteiger partial charge in [0.1, 0.15) is 11.9 Å². The van der Waals surface area contributed by atoms with Gasteiger partial charge in [0, 0.05) is 18.0 Å². The molecule has 2 N–H and O–H groups in total. The number of carbonyl (C=O) groups is 1. The molecule has 1 amide bonds. The number of nitrogens with two attached hydrogens (primary N) is 1. The number of ether oxygens (including phenoxy) is 1. The standard InChI is InChI=1S/C17H16ClFN2O2/c18-8-11-1-3-12(4-2-11)15-6-5-13(7-16(15)19)21-10-14(9-20)23-17(21)22/h1-7,14H,8-10,20H2. The van der Waals surface area contributed by atoms with Gasteiger partial charge in [0.2, 0.25) is 0 Å². The second-order valence-electron chi connectivity index (χ2n) is 5.35. The van der Waals surface area contributed by atoms with E-state index in [1.165, 1.54) is 11.0 Å². The molecule has 1 saturated heterocycles. The number of rotatable bonds is 4. The molecular weight excluding hydrogens is 319 g/mol. The van der Waals surface area contributed by atoms with Crippen molar-refractivity contribution in [1.29, 1.82) is 0 Å². The number of nitrogens with zero attached hydrogens (tertiary/aromatic N) is 1. The summed E-state index contributed by atoms with van der Waals surface area (Å²) in [5.74, 6) is 0.0197. The second-order valence-corrected chi connectivity index (χ2v) is 5.61. The van der Waals surface area contributed by atoms with Crippen LogP contribution in [0.3, 0.4) is 0 Å². The van der Waals surface area contributed by atoms with E-state index in [0.29, 0.717) is 23.7 Å². The maximum atomic E-state index is 14.4. The summed E-state index contributed by atoms with van der Waals surface area (Å²) >= 11 is 5.76. The summed E-state index contributed by atoms with van der Waals surface area (Å²) in [4.78, 5) is 13.2. The molecule has 1 aliphatic rings. The molecule has 23 heavy (non-hydrogen) atoms. The normalized spacial score (nSPS) is 17.4. The molecule has 3 rings (SSSR count). The van der Waals surface area contributed by atoms with Gasteiger partial charge >= 0.3 is 6.09 Å². The summed E-state index contributed by atoms with van der Waals surface area (Å²) in [6, 6.07) is 12.1. The second kappa shape index (κ2) is 6.56. The van der Waals surface area contributed by atoms with Crippen molar-refractivity contribution in [3.8, 4) is 11.1 Å². The van der Waals surface area contributed by atoms with E-state index in [9.17, 15) is 9.18 Å². The molecule has 1 unspecified atom stereocenters. The van der Waals surface area contributed by atoms with Crippen molar-refractivity contribution in [2.75, 3.05) is 18.0 Å². The van der Waals surface area contributed by atoms with Gasteiger partial charge < -0.3 is 10.5 Å². The van der Waals surface area contributed by atoms with E-state index in [4.69, 9.17) is 22.1 Å². The fourth-order valence-electron chi connectivity index (χ4n) is 2.53. The van der Waals surface area contributed by atoms with Gasteiger partial charge in [-0.15, -0.1) is 11.6 Å². The van der Waals surface area contributed by atoms with Gasteiger partial charge in [0.15, 0.2) is 0 Å². The Kier molecular flexibility index (Phi) is 4.50. The molecule has 1 heterocycles. The Hall–Kier alpha value is -2.11. The van der Waals surface area contributed by atoms with Crippen molar-refractivity contribution in [2.24, 2.45) is 5.73 Å². The van der Waals surface area contributed by atoms with E-state index in [1.54, 1.807) is 12.1 Å². The number of hydrogen-bond donors (Lipinski definition) is 1. The zero-order valence-electron chi connectivity index (χ0n) is 12.3. The largest absolute Gasteiger partial charge is 0.443 e. The highest BCUT2D eigenvalue weighted by atomic mass is 35.5. The molecule has 2 aromatic carbocycles. The van der Waals surface area contributed by atoms with Crippen molar-refractivity contribution in [1.82, 2.24) is 0 Å². The molecule has 1 aliphatic heterocycles. The Balaban J connectivity index is 1.87. The van der Waals surface area contributed by atoms with E-state index in [0.717, 1.165) is 11.1 Å². The number of cyclic esters (lactones) is 1. The number of anilines is 1. The summed E-state index contributed by atoms with van der Waals surface area (Å²) in [5, 5.41) is 0. The van der Waals surface area contributed by atoms with Crippen LogP contribution in [0, 0.1) is 5.82 Å². The van der Waals surface area contributed by atoms with Crippen molar-refractivity contribution < 1.29 is 13.9 Å². The predicted molar refractivity (Wildman–Crippen MR) is 88.1 cm³/mol. The first-order chi connectivity index (χ1) is 11.1. The molecule has 6 heteroatoms. The SMILES string of the molecule is NCC1CN(c2ccc(-c3ccc(CCl)cc3)c(F)c2)C(=O)O1. The first kappa shape index (κ1) is 15.8. The van der Waals surface area contributed by atoms with Crippen molar-refractivity contribution in [3.05, 3.63) is 53.8 Å². The fourth-order valence-corrected chi connectivity index (χ4v) is 2.71. The number of carbonyl (C=O) groups excluding carboxylic acids is 1. The van der Waals surface area contributed by atoms with Crippen LogP contribution in [0.4, 0.5) is 14.9 Å². The molecule has 120 valence electrons. The van der Waals surface area contributed by atoms with Gasteiger partial charge in [-0.3, -0.25) is 4.90 Å².